The number of ether oxygens (including phenoxy) is 4. The van der Waals surface area contributed by atoms with E-state index >= 15 is 0 Å². The lowest BCUT2D eigenvalue weighted by molar-refractivity contribution is -0.136. The van der Waals surface area contributed by atoms with Crippen LogP contribution in [0.2, 0.25) is 11.6 Å². The molecule has 8 atom stereocenters. The second-order valence-electron chi connectivity index (χ2n) is 21.2. The Balaban J connectivity index is 0.878. The van der Waals surface area contributed by atoms with Gasteiger partial charge in [0.1, 0.15) is 46.8 Å². The molecule has 2 saturated carbocycles. The maximum absolute atomic E-state index is 7.50. The number of hydrogen-bond acceptors (Lipinski definition) is 8. The van der Waals surface area contributed by atoms with Crippen LogP contribution in [0.3, 0.4) is 0 Å². The van der Waals surface area contributed by atoms with Crippen molar-refractivity contribution in [2.24, 2.45) is 11.8 Å². The maximum atomic E-state index is 7.50. The van der Waals surface area contributed by atoms with Crippen molar-refractivity contribution < 1.29 is 37.6 Å². The van der Waals surface area contributed by atoms with Crippen LogP contribution < -0.4 is 0 Å². The summed E-state index contributed by atoms with van der Waals surface area (Å²) in [5.41, 5.74) is 3.34. The van der Waals surface area contributed by atoms with Gasteiger partial charge in [0.05, 0.1) is 0 Å². The third-order valence-corrected chi connectivity index (χ3v) is 17.3. The SMILES string of the molecule is COC(c1ccccc1)(c1ccccc1)[C@@H]1OB([C@@H]2C[C@H]2C=C[C@@H]2C[C@H]2B2O[C@@H](C(OC)(c3ccccc3)c3ccccc3)[C@H](C(OC)(c3ccccc3)c3ccccc3)O2)O[C@H]1C(OC)(c1ccccc1)c1ccccc1. The van der Waals surface area contributed by atoms with Crippen molar-refractivity contribution >= 4 is 14.2 Å². The highest BCUT2D eigenvalue weighted by Gasteiger charge is 2.67. The van der Waals surface area contributed by atoms with Crippen LogP contribution in [0, 0.1) is 11.8 Å². The molecule has 2 saturated heterocycles. The van der Waals surface area contributed by atoms with Gasteiger partial charge in [-0.05, 0) is 69.2 Å². The van der Waals surface area contributed by atoms with E-state index in [4.69, 9.17) is 37.6 Å². The summed E-state index contributed by atoms with van der Waals surface area (Å²) in [7, 11) is 5.99. The molecule has 0 aromatic heterocycles. The van der Waals surface area contributed by atoms with Crippen LogP contribution in [-0.4, -0.2) is 67.1 Å². The van der Waals surface area contributed by atoms with Gasteiger partial charge in [0.25, 0.3) is 0 Å². The first-order valence-corrected chi connectivity index (χ1v) is 27.4. The van der Waals surface area contributed by atoms with E-state index in [9.17, 15) is 0 Å². The lowest BCUT2D eigenvalue weighted by Crippen LogP contribution is -2.56. The normalized spacial score (nSPS) is 23.4. The van der Waals surface area contributed by atoms with E-state index in [1.165, 1.54) is 0 Å². The van der Waals surface area contributed by atoms with Gasteiger partial charge in [0.15, 0.2) is 0 Å². The van der Waals surface area contributed by atoms with Crippen LogP contribution in [0.15, 0.2) is 255 Å². The van der Waals surface area contributed by atoms with Crippen LogP contribution in [0.5, 0.6) is 0 Å². The molecule has 4 fully saturated rings. The Bertz CT molecular complexity index is 2640. The molecule has 0 spiro atoms. The van der Waals surface area contributed by atoms with Gasteiger partial charge in [-0.15, -0.1) is 0 Å². The minimum absolute atomic E-state index is 0.0824. The van der Waals surface area contributed by atoms with Crippen molar-refractivity contribution in [3.63, 3.8) is 0 Å². The highest BCUT2D eigenvalue weighted by Crippen LogP contribution is 2.60. The van der Waals surface area contributed by atoms with Gasteiger partial charge in [-0.2, -0.15) is 0 Å². The van der Waals surface area contributed by atoms with Gasteiger partial charge in [-0.3, -0.25) is 0 Å². The first-order valence-electron chi connectivity index (χ1n) is 27.4. The van der Waals surface area contributed by atoms with Crippen molar-refractivity contribution in [1.82, 2.24) is 0 Å². The van der Waals surface area contributed by atoms with Crippen LogP contribution in [0.1, 0.15) is 57.3 Å². The quantitative estimate of drug-likeness (QED) is 0.0552. The highest BCUT2D eigenvalue weighted by molar-refractivity contribution is 6.49. The summed E-state index contributed by atoms with van der Waals surface area (Å²) in [4.78, 5) is 0. The van der Waals surface area contributed by atoms with E-state index in [0.717, 1.165) is 57.3 Å². The van der Waals surface area contributed by atoms with Crippen LogP contribution in [-0.2, 0) is 60.0 Å². The number of benzene rings is 8. The molecule has 0 bridgehead atoms. The fraction of sp³-hybridized carbons (Fsp3) is 0.265. The molecule has 12 rings (SSSR count). The van der Waals surface area contributed by atoms with Crippen molar-refractivity contribution in [3.05, 3.63) is 299 Å². The van der Waals surface area contributed by atoms with Crippen molar-refractivity contribution in [3.8, 4) is 0 Å². The van der Waals surface area contributed by atoms with Crippen LogP contribution in [0.25, 0.3) is 0 Å². The average molecular weight is 1030 g/mol. The molecule has 0 amide bonds. The van der Waals surface area contributed by atoms with E-state index < -0.39 is 61.1 Å². The largest absolute Gasteiger partial charge is 0.461 e. The smallest absolute Gasteiger partial charge is 0.402 e. The molecule has 0 unspecified atom stereocenters. The summed E-state index contributed by atoms with van der Waals surface area (Å²) in [6.07, 6.45) is 3.92. The zero-order valence-corrected chi connectivity index (χ0v) is 44.7. The van der Waals surface area contributed by atoms with E-state index in [1.807, 2.05) is 48.5 Å². The summed E-state index contributed by atoms with van der Waals surface area (Å²) in [6.45, 7) is 0. The number of methoxy groups -OCH3 is 4. The Morgan fingerprint density at radius 2 is 0.462 bits per heavy atom. The van der Waals surface area contributed by atoms with Gasteiger partial charge in [-0.1, -0.05) is 255 Å². The molecule has 2 heterocycles. The number of rotatable bonds is 20. The van der Waals surface area contributed by atoms with Gasteiger partial charge in [0, 0.05) is 40.1 Å². The lowest BCUT2D eigenvalue weighted by Gasteiger charge is -2.47. The molecule has 2 aliphatic heterocycles. The molecule has 0 N–H and O–H groups in total. The van der Waals surface area contributed by atoms with Crippen LogP contribution >= 0.6 is 0 Å². The molecule has 2 aliphatic carbocycles. The minimum atomic E-state index is -1.09. The zero-order valence-electron chi connectivity index (χ0n) is 44.7. The van der Waals surface area contributed by atoms with E-state index in [0.29, 0.717) is 0 Å². The molecule has 0 radical (unpaired) electrons. The Hall–Kier alpha value is -6.69. The van der Waals surface area contributed by atoms with Gasteiger partial charge >= 0.3 is 14.2 Å². The van der Waals surface area contributed by atoms with E-state index in [1.54, 1.807) is 28.4 Å². The first kappa shape index (κ1) is 52.0. The fourth-order valence-corrected chi connectivity index (χ4v) is 13.3. The molecule has 4 aliphatic rings. The lowest BCUT2D eigenvalue weighted by atomic mass is 9.71. The van der Waals surface area contributed by atoms with Gasteiger partial charge in [-0.25, -0.2) is 0 Å². The van der Waals surface area contributed by atoms with E-state index in [-0.39, 0.29) is 23.5 Å². The predicted molar refractivity (Wildman–Crippen MR) is 307 cm³/mol. The zero-order chi connectivity index (χ0) is 53.2. The Kier molecular flexibility index (Phi) is 14.8. The first-order chi connectivity index (χ1) is 38.5. The maximum Gasteiger partial charge on any atom is 0.461 e. The molecule has 392 valence electrons. The molecular weight excluding hydrogens is 966 g/mol. The molecule has 8 aromatic carbocycles. The topological polar surface area (TPSA) is 73.8 Å². The molecule has 10 heteroatoms. The van der Waals surface area contributed by atoms with Crippen molar-refractivity contribution in [2.75, 3.05) is 28.4 Å². The van der Waals surface area contributed by atoms with Gasteiger partial charge < -0.3 is 37.6 Å². The molecule has 8 aromatic rings. The second-order valence-corrected chi connectivity index (χ2v) is 21.2. The fourth-order valence-electron chi connectivity index (χ4n) is 13.3. The summed E-state index contributed by atoms with van der Waals surface area (Å²) in [5.74, 6) is 0.594. The number of hydrogen-bond donors (Lipinski definition) is 0. The van der Waals surface area contributed by atoms with Crippen molar-refractivity contribution in [2.45, 2.75) is 71.3 Å². The summed E-state index contributed by atoms with van der Waals surface area (Å²) >= 11 is 0. The Morgan fingerprint density at radius 1 is 0.295 bits per heavy atom. The summed E-state index contributed by atoms with van der Waals surface area (Å²) in [5, 5.41) is 0. The minimum Gasteiger partial charge on any atom is -0.402 e. The molecule has 78 heavy (non-hydrogen) atoms. The third kappa shape index (κ3) is 8.93. The summed E-state index contributed by atoms with van der Waals surface area (Å²) in [6, 6.07) is 83.2. The predicted octanol–water partition coefficient (Wildman–Crippen LogP) is 13.2. The highest BCUT2D eigenvalue weighted by atomic mass is 16.7. The Morgan fingerprint density at radius 3 is 0.615 bits per heavy atom. The van der Waals surface area contributed by atoms with Crippen molar-refractivity contribution in [1.29, 1.82) is 0 Å². The van der Waals surface area contributed by atoms with Crippen LogP contribution in [0.4, 0.5) is 0 Å². The Labute approximate surface area is 460 Å². The number of allylic oxidation sites excluding steroid dienone is 2. The third-order valence-electron chi connectivity index (χ3n) is 17.3. The van der Waals surface area contributed by atoms with E-state index in [2.05, 4.69) is 206 Å². The molecular formula is C68H66B2O8. The second kappa shape index (κ2) is 22.2. The standard InChI is InChI=1S/C68H66B2O8/c1-71-65(51-29-13-5-14-30-51,52-31-15-6-16-32-52)61-62(66(72-2,53-33-17-7-18-34-53)54-35-19-8-20-36-54)76-69(75-61)59-47-49(59)45-46-50-48-60(50)70-77-63(67(73-3,55-37-21-9-22-38-55)56-39-23-10-24-40-56)64(78-70)68(74-4,57-41-25-11-26-42-57)58-43-27-12-28-44-58/h5-46,49-50,59-64H,47-48H2,1-4H3/t49-,50-,59-,60-,61-,62-,63-,64-/m1/s1. The monoisotopic (exact) mass is 1030 g/mol. The summed E-state index contributed by atoms with van der Waals surface area (Å²) < 4.78 is 57.7. The average Bonchev–Trinajstić information content (AvgIpc) is 4.41. The van der Waals surface area contributed by atoms with Gasteiger partial charge in [0.2, 0.25) is 0 Å². The molecule has 8 nitrogen and oxygen atoms in total.